The van der Waals surface area contributed by atoms with Crippen LogP contribution in [0.15, 0.2) is 36.4 Å². The number of methoxy groups -OCH3 is 1. The van der Waals surface area contributed by atoms with Crippen molar-refractivity contribution in [3.63, 3.8) is 0 Å². The molecule has 1 aromatic heterocycles. The second kappa shape index (κ2) is 7.58. The van der Waals surface area contributed by atoms with Crippen LogP contribution in [0.3, 0.4) is 0 Å². The molecule has 2 aromatic rings. The highest BCUT2D eigenvalue weighted by atomic mass is 79.9. The molecule has 2 rings (SSSR count). The Morgan fingerprint density at radius 2 is 2.00 bits per heavy atom. The number of halogens is 1. The van der Waals surface area contributed by atoms with Gasteiger partial charge in [0.05, 0.1) is 17.8 Å². The Kier molecular flexibility index (Phi) is 5.76. The summed E-state index contributed by atoms with van der Waals surface area (Å²) in [5, 5.41) is 2.15. The third-order valence-electron chi connectivity index (χ3n) is 3.05. The highest BCUT2D eigenvalue weighted by Gasteiger charge is 2.06. The van der Waals surface area contributed by atoms with Crippen LogP contribution < -0.4 is 0 Å². The van der Waals surface area contributed by atoms with Gasteiger partial charge in [-0.1, -0.05) is 40.2 Å². The minimum Gasteiger partial charge on any atom is -0.383 e. The summed E-state index contributed by atoms with van der Waals surface area (Å²) in [6.07, 6.45) is 0. The summed E-state index contributed by atoms with van der Waals surface area (Å²) < 4.78 is 5.15. The van der Waals surface area contributed by atoms with Crippen molar-refractivity contribution >= 4 is 26.8 Å². The largest absolute Gasteiger partial charge is 0.383 e. The van der Waals surface area contributed by atoms with Gasteiger partial charge in [0.2, 0.25) is 0 Å². The minimum atomic E-state index is 0.751. The Labute approximate surface area is 122 Å². The number of hydrogen-bond donors (Lipinski definition) is 0. The summed E-state index contributed by atoms with van der Waals surface area (Å²) in [7, 11) is 1.74. The lowest BCUT2D eigenvalue weighted by Crippen LogP contribution is -2.29. The quantitative estimate of drug-likeness (QED) is 0.732. The van der Waals surface area contributed by atoms with Crippen LogP contribution in [0.4, 0.5) is 0 Å². The van der Waals surface area contributed by atoms with Crippen molar-refractivity contribution in [3.05, 3.63) is 42.1 Å². The molecule has 0 saturated heterocycles. The fourth-order valence-electron chi connectivity index (χ4n) is 2.04. The molecule has 0 amide bonds. The summed E-state index contributed by atoms with van der Waals surface area (Å²) in [6.45, 7) is 3.54. The topological polar surface area (TPSA) is 25.4 Å². The van der Waals surface area contributed by atoms with Gasteiger partial charge in [-0.25, -0.2) is 0 Å². The summed E-state index contributed by atoms with van der Waals surface area (Å²) in [5.74, 6) is 0. The van der Waals surface area contributed by atoms with Crippen LogP contribution in [-0.4, -0.2) is 42.0 Å². The Hall–Kier alpha value is -0.970. The van der Waals surface area contributed by atoms with Crippen molar-refractivity contribution in [2.45, 2.75) is 6.54 Å². The molecule has 0 aliphatic carbocycles. The molecule has 0 radical (unpaired) electrons. The van der Waals surface area contributed by atoms with Crippen LogP contribution in [-0.2, 0) is 11.3 Å². The van der Waals surface area contributed by atoms with Gasteiger partial charge in [0.1, 0.15) is 0 Å². The van der Waals surface area contributed by atoms with Crippen LogP contribution in [0.25, 0.3) is 10.9 Å². The van der Waals surface area contributed by atoms with E-state index < -0.39 is 0 Å². The molecule has 4 heteroatoms. The Morgan fingerprint density at radius 1 is 1.16 bits per heavy atom. The van der Waals surface area contributed by atoms with Crippen molar-refractivity contribution in [1.82, 2.24) is 9.88 Å². The molecule has 3 nitrogen and oxygen atoms in total. The average molecular weight is 323 g/mol. The smallest absolute Gasteiger partial charge is 0.0705 e. The van der Waals surface area contributed by atoms with E-state index in [2.05, 4.69) is 45.1 Å². The Bertz CT molecular complexity index is 518. The molecule has 0 saturated carbocycles. The second-order valence-corrected chi connectivity index (χ2v) is 5.25. The van der Waals surface area contributed by atoms with E-state index in [-0.39, 0.29) is 0 Å². The van der Waals surface area contributed by atoms with Gasteiger partial charge in [0, 0.05) is 37.5 Å². The first-order valence-corrected chi connectivity index (χ1v) is 7.57. The first kappa shape index (κ1) is 14.4. The molecule has 0 aliphatic heterocycles. The normalized spacial score (nSPS) is 11.3. The molecule has 1 heterocycles. The Balaban J connectivity index is 2.09. The van der Waals surface area contributed by atoms with Gasteiger partial charge in [0.15, 0.2) is 0 Å². The maximum atomic E-state index is 5.15. The van der Waals surface area contributed by atoms with E-state index in [1.165, 1.54) is 5.39 Å². The molecule has 0 bridgehead atoms. The number of para-hydroxylation sites is 1. The highest BCUT2D eigenvalue weighted by molar-refractivity contribution is 9.09. The molecular weight excluding hydrogens is 304 g/mol. The standard InChI is InChI=1S/C15H19BrN2O/c1-19-11-10-18(9-8-16)12-14-7-6-13-4-2-3-5-15(13)17-14/h2-7H,8-12H2,1H3. The lowest BCUT2D eigenvalue weighted by molar-refractivity contribution is 0.147. The summed E-state index contributed by atoms with van der Waals surface area (Å²) in [4.78, 5) is 7.05. The third-order valence-corrected chi connectivity index (χ3v) is 3.41. The van der Waals surface area contributed by atoms with Crippen molar-refractivity contribution in [2.75, 3.05) is 32.1 Å². The van der Waals surface area contributed by atoms with Crippen LogP contribution >= 0.6 is 15.9 Å². The third kappa shape index (κ3) is 4.27. The number of alkyl halides is 1. The zero-order valence-electron chi connectivity index (χ0n) is 11.2. The van der Waals surface area contributed by atoms with Gasteiger partial charge < -0.3 is 4.74 Å². The number of pyridine rings is 1. The number of nitrogens with zero attached hydrogens (tertiary/aromatic N) is 2. The molecule has 0 spiro atoms. The second-order valence-electron chi connectivity index (χ2n) is 4.45. The molecule has 19 heavy (non-hydrogen) atoms. The molecule has 0 unspecified atom stereocenters. The van der Waals surface area contributed by atoms with Crippen molar-refractivity contribution < 1.29 is 4.74 Å². The lowest BCUT2D eigenvalue weighted by Gasteiger charge is -2.20. The fraction of sp³-hybridized carbons (Fsp3) is 0.400. The summed E-state index contributed by atoms with van der Waals surface area (Å²) in [5.41, 5.74) is 2.17. The molecule has 0 fully saturated rings. The van der Waals surface area contributed by atoms with Gasteiger partial charge in [0.25, 0.3) is 0 Å². The molecule has 0 N–H and O–H groups in total. The number of benzene rings is 1. The molecule has 0 atom stereocenters. The number of ether oxygens (including phenoxy) is 1. The predicted octanol–water partition coefficient (Wildman–Crippen LogP) is 3.08. The number of aromatic nitrogens is 1. The monoisotopic (exact) mass is 322 g/mol. The molecule has 102 valence electrons. The molecule has 1 aromatic carbocycles. The first-order valence-electron chi connectivity index (χ1n) is 6.45. The van der Waals surface area contributed by atoms with Crippen LogP contribution in [0.2, 0.25) is 0 Å². The van der Waals surface area contributed by atoms with Gasteiger partial charge >= 0.3 is 0 Å². The zero-order chi connectivity index (χ0) is 13.5. The van der Waals surface area contributed by atoms with Gasteiger partial charge in [-0.15, -0.1) is 0 Å². The summed E-state index contributed by atoms with van der Waals surface area (Å²) in [6, 6.07) is 12.5. The van der Waals surface area contributed by atoms with Crippen LogP contribution in [0.1, 0.15) is 5.69 Å². The molecule has 0 aliphatic rings. The summed E-state index contributed by atoms with van der Waals surface area (Å²) >= 11 is 3.49. The van der Waals surface area contributed by atoms with Gasteiger partial charge in [-0.2, -0.15) is 0 Å². The van der Waals surface area contributed by atoms with E-state index in [0.717, 1.165) is 42.8 Å². The molecular formula is C15H19BrN2O. The number of fused-ring (bicyclic) bond motifs is 1. The van der Waals surface area contributed by atoms with E-state index >= 15 is 0 Å². The zero-order valence-corrected chi connectivity index (χ0v) is 12.8. The van der Waals surface area contributed by atoms with E-state index in [0.29, 0.717) is 0 Å². The fourth-order valence-corrected chi connectivity index (χ4v) is 2.54. The predicted molar refractivity (Wildman–Crippen MR) is 82.7 cm³/mol. The Morgan fingerprint density at radius 3 is 2.79 bits per heavy atom. The van der Waals surface area contributed by atoms with Crippen LogP contribution in [0.5, 0.6) is 0 Å². The number of hydrogen-bond acceptors (Lipinski definition) is 3. The van der Waals surface area contributed by atoms with E-state index in [1.54, 1.807) is 7.11 Å². The minimum absolute atomic E-state index is 0.751. The van der Waals surface area contributed by atoms with Gasteiger partial charge in [-0.05, 0) is 12.1 Å². The van der Waals surface area contributed by atoms with E-state index in [4.69, 9.17) is 9.72 Å². The van der Waals surface area contributed by atoms with Crippen LogP contribution in [0, 0.1) is 0 Å². The van der Waals surface area contributed by atoms with Crippen molar-refractivity contribution in [3.8, 4) is 0 Å². The van der Waals surface area contributed by atoms with Crippen molar-refractivity contribution in [2.24, 2.45) is 0 Å². The first-order chi connectivity index (χ1) is 9.33. The van der Waals surface area contributed by atoms with E-state index in [1.807, 2.05) is 12.1 Å². The number of rotatable bonds is 7. The maximum Gasteiger partial charge on any atom is 0.0705 e. The average Bonchev–Trinajstić information content (AvgIpc) is 2.45. The lowest BCUT2D eigenvalue weighted by atomic mass is 10.2. The SMILES string of the molecule is COCCN(CCBr)Cc1ccc2ccccc2n1. The highest BCUT2D eigenvalue weighted by Crippen LogP contribution is 2.13. The van der Waals surface area contributed by atoms with E-state index in [9.17, 15) is 0 Å². The maximum absolute atomic E-state index is 5.15. The van der Waals surface area contributed by atoms with Crippen molar-refractivity contribution in [1.29, 1.82) is 0 Å². The van der Waals surface area contributed by atoms with Gasteiger partial charge in [-0.3, -0.25) is 9.88 Å².